The fraction of sp³-hybridized carbons (Fsp3) is 0.158. The quantitative estimate of drug-likeness (QED) is 0.414. The summed E-state index contributed by atoms with van der Waals surface area (Å²) in [5.41, 5.74) is 5.24. The normalized spacial score (nSPS) is 11.8. The average Bonchev–Trinajstić information content (AvgIpc) is 2.69. The van der Waals surface area contributed by atoms with Gasteiger partial charge >= 0.3 is 0 Å². The molecule has 4 aromatic rings. The lowest BCUT2D eigenvalue weighted by Crippen LogP contribution is -1.87. The highest BCUT2D eigenvalue weighted by molar-refractivity contribution is 6.12. The zero-order valence-electron chi connectivity index (χ0n) is 12.1. The number of aryl methyl sites for hydroxylation is 3. The molecule has 0 saturated heterocycles. The highest BCUT2D eigenvalue weighted by Crippen LogP contribution is 2.32. The highest BCUT2D eigenvalue weighted by atomic mass is 14.9. The molecule has 3 aromatic carbocycles. The lowest BCUT2D eigenvalue weighted by atomic mass is 10.0. The van der Waals surface area contributed by atoms with E-state index in [2.05, 4.69) is 74.0 Å². The fourth-order valence-electron chi connectivity index (χ4n) is 3.18. The molecule has 1 heterocycles. The van der Waals surface area contributed by atoms with Crippen LogP contribution in [0.1, 0.15) is 11.1 Å². The van der Waals surface area contributed by atoms with Crippen molar-refractivity contribution in [2.45, 2.75) is 13.8 Å². The van der Waals surface area contributed by atoms with Gasteiger partial charge in [0.25, 0.3) is 0 Å². The number of rotatable bonds is 0. The Bertz CT molecular complexity index is 973. The van der Waals surface area contributed by atoms with E-state index in [-0.39, 0.29) is 0 Å². The Morgan fingerprint density at radius 3 is 2.20 bits per heavy atom. The first kappa shape index (κ1) is 11.5. The fourth-order valence-corrected chi connectivity index (χ4v) is 3.18. The number of fused-ring (bicyclic) bond motifs is 4. The number of hydrogen-bond donors (Lipinski definition) is 0. The lowest BCUT2D eigenvalue weighted by Gasteiger charge is -2.02. The maximum Gasteiger partial charge on any atom is 0.0495 e. The number of hydrogen-bond acceptors (Lipinski definition) is 0. The number of benzene rings is 3. The molecule has 4 rings (SSSR count). The smallest absolute Gasteiger partial charge is 0.0495 e. The zero-order valence-corrected chi connectivity index (χ0v) is 12.1. The van der Waals surface area contributed by atoms with Crippen molar-refractivity contribution >= 4 is 32.6 Å². The van der Waals surface area contributed by atoms with Crippen molar-refractivity contribution in [1.29, 1.82) is 0 Å². The van der Waals surface area contributed by atoms with E-state index in [9.17, 15) is 0 Å². The average molecular weight is 259 g/mol. The molecule has 0 spiro atoms. The summed E-state index contributed by atoms with van der Waals surface area (Å²) in [5, 5.41) is 5.32. The Morgan fingerprint density at radius 1 is 0.650 bits per heavy atom. The minimum absolute atomic E-state index is 1.31. The summed E-state index contributed by atoms with van der Waals surface area (Å²) in [6.07, 6.45) is 0. The summed E-state index contributed by atoms with van der Waals surface area (Å²) in [6.45, 7) is 4.30. The lowest BCUT2D eigenvalue weighted by molar-refractivity contribution is 1.01. The second-order valence-corrected chi connectivity index (χ2v) is 5.80. The molecular weight excluding hydrogens is 242 g/mol. The van der Waals surface area contributed by atoms with Gasteiger partial charge in [0.2, 0.25) is 0 Å². The molecule has 1 nitrogen and oxygen atoms in total. The predicted octanol–water partition coefficient (Wildman–Crippen LogP) is 5.10. The minimum atomic E-state index is 1.31. The molecule has 0 atom stereocenters. The molecule has 0 radical (unpaired) electrons. The number of nitrogens with zero attached hydrogens (tertiary/aromatic N) is 1. The summed E-state index contributed by atoms with van der Waals surface area (Å²) in [4.78, 5) is 0. The van der Waals surface area contributed by atoms with Gasteiger partial charge in [0.15, 0.2) is 0 Å². The molecule has 98 valence electrons. The first-order chi connectivity index (χ1) is 9.63. The van der Waals surface area contributed by atoms with E-state index in [1.165, 1.54) is 43.7 Å². The van der Waals surface area contributed by atoms with Gasteiger partial charge in [-0.25, -0.2) is 0 Å². The van der Waals surface area contributed by atoms with Crippen LogP contribution in [0.15, 0.2) is 48.5 Å². The monoisotopic (exact) mass is 259 g/mol. The molecule has 20 heavy (non-hydrogen) atoms. The molecule has 0 aliphatic carbocycles. The van der Waals surface area contributed by atoms with Crippen LogP contribution in [0, 0.1) is 13.8 Å². The van der Waals surface area contributed by atoms with Gasteiger partial charge in [0.1, 0.15) is 0 Å². The largest absolute Gasteiger partial charge is 0.344 e. The molecule has 0 unspecified atom stereocenters. The van der Waals surface area contributed by atoms with Gasteiger partial charge in [0.05, 0.1) is 0 Å². The Morgan fingerprint density at radius 2 is 1.35 bits per heavy atom. The second kappa shape index (κ2) is 3.86. The summed E-state index contributed by atoms with van der Waals surface area (Å²) in [7, 11) is 2.16. The van der Waals surface area contributed by atoms with Gasteiger partial charge in [-0.1, -0.05) is 35.9 Å². The maximum atomic E-state index is 2.32. The van der Waals surface area contributed by atoms with Crippen LogP contribution in [0.5, 0.6) is 0 Å². The van der Waals surface area contributed by atoms with E-state index in [1.807, 2.05) is 0 Å². The standard InChI is InChI=1S/C19H17N/c1-12-4-6-14-10-17-16-7-5-13(2)9-18(16)20(3)19(17)11-15(14)8-12/h4-11H,1-3H3. The number of aromatic nitrogens is 1. The van der Waals surface area contributed by atoms with Crippen LogP contribution >= 0.6 is 0 Å². The molecule has 0 bridgehead atoms. The topological polar surface area (TPSA) is 4.93 Å². The summed E-state index contributed by atoms with van der Waals surface area (Å²) >= 11 is 0. The van der Waals surface area contributed by atoms with Crippen molar-refractivity contribution in [1.82, 2.24) is 4.57 Å². The first-order valence-electron chi connectivity index (χ1n) is 7.03. The first-order valence-corrected chi connectivity index (χ1v) is 7.03. The van der Waals surface area contributed by atoms with Crippen LogP contribution in [0.2, 0.25) is 0 Å². The van der Waals surface area contributed by atoms with Crippen molar-refractivity contribution in [3.05, 3.63) is 59.7 Å². The van der Waals surface area contributed by atoms with E-state index in [1.54, 1.807) is 0 Å². The Balaban J connectivity index is 2.25. The van der Waals surface area contributed by atoms with Crippen molar-refractivity contribution in [2.24, 2.45) is 7.05 Å². The minimum Gasteiger partial charge on any atom is -0.344 e. The van der Waals surface area contributed by atoms with Crippen LogP contribution in [-0.4, -0.2) is 4.57 Å². The van der Waals surface area contributed by atoms with Crippen molar-refractivity contribution in [3.8, 4) is 0 Å². The SMILES string of the molecule is Cc1ccc2cc3c4ccc(C)cc4n(C)c3cc2c1. The van der Waals surface area contributed by atoms with Crippen molar-refractivity contribution in [2.75, 3.05) is 0 Å². The highest BCUT2D eigenvalue weighted by Gasteiger charge is 2.09. The van der Waals surface area contributed by atoms with Gasteiger partial charge in [-0.3, -0.25) is 0 Å². The Hall–Kier alpha value is -2.28. The molecule has 0 amide bonds. The molecule has 0 aliphatic rings. The van der Waals surface area contributed by atoms with Gasteiger partial charge in [-0.2, -0.15) is 0 Å². The van der Waals surface area contributed by atoms with Gasteiger partial charge in [-0.15, -0.1) is 0 Å². The molecule has 1 aromatic heterocycles. The molecule has 1 heteroatoms. The van der Waals surface area contributed by atoms with E-state index in [0.717, 1.165) is 0 Å². The zero-order chi connectivity index (χ0) is 13.9. The van der Waals surface area contributed by atoms with Crippen LogP contribution in [0.3, 0.4) is 0 Å². The van der Waals surface area contributed by atoms with Crippen LogP contribution < -0.4 is 0 Å². The Kier molecular flexibility index (Phi) is 2.23. The predicted molar refractivity (Wildman–Crippen MR) is 87.4 cm³/mol. The van der Waals surface area contributed by atoms with E-state index in [0.29, 0.717) is 0 Å². The maximum absolute atomic E-state index is 2.32. The summed E-state index contributed by atoms with van der Waals surface area (Å²) in [6, 6.07) is 18.0. The van der Waals surface area contributed by atoms with E-state index >= 15 is 0 Å². The van der Waals surface area contributed by atoms with Gasteiger partial charge in [0, 0.05) is 28.9 Å². The summed E-state index contributed by atoms with van der Waals surface area (Å²) in [5.74, 6) is 0. The molecule has 0 aliphatic heterocycles. The van der Waals surface area contributed by atoms with Crippen molar-refractivity contribution < 1.29 is 0 Å². The molecular formula is C19H17N. The van der Waals surface area contributed by atoms with Gasteiger partial charge < -0.3 is 4.57 Å². The Labute approximate surface area is 118 Å². The van der Waals surface area contributed by atoms with Crippen molar-refractivity contribution in [3.63, 3.8) is 0 Å². The summed E-state index contributed by atoms with van der Waals surface area (Å²) < 4.78 is 2.30. The molecule has 0 saturated carbocycles. The van der Waals surface area contributed by atoms with E-state index < -0.39 is 0 Å². The van der Waals surface area contributed by atoms with Crippen LogP contribution in [-0.2, 0) is 7.05 Å². The van der Waals surface area contributed by atoms with Crippen LogP contribution in [0.4, 0.5) is 0 Å². The third-order valence-corrected chi connectivity index (χ3v) is 4.28. The second-order valence-electron chi connectivity index (χ2n) is 5.80. The van der Waals surface area contributed by atoms with Gasteiger partial charge in [-0.05, 0) is 48.4 Å². The molecule has 0 N–H and O–H groups in total. The molecule has 0 fully saturated rings. The third kappa shape index (κ3) is 1.50. The third-order valence-electron chi connectivity index (χ3n) is 4.28. The van der Waals surface area contributed by atoms with E-state index in [4.69, 9.17) is 0 Å². The van der Waals surface area contributed by atoms with Crippen LogP contribution in [0.25, 0.3) is 32.6 Å².